The van der Waals surface area contributed by atoms with Crippen LogP contribution in [-0.4, -0.2) is 10.2 Å². The third kappa shape index (κ3) is 0.644. The Labute approximate surface area is 70.2 Å². The Kier molecular flexibility index (Phi) is 1.04. The van der Waals surface area contributed by atoms with Crippen molar-refractivity contribution in [1.29, 1.82) is 0 Å². The molecule has 0 N–H and O–H groups in total. The molecule has 1 aliphatic carbocycles. The number of nitrogens with zero attached hydrogens (tertiary/aromatic N) is 2. The lowest BCUT2D eigenvalue weighted by Gasteiger charge is -1.97. The van der Waals surface area contributed by atoms with Crippen molar-refractivity contribution < 1.29 is 0 Å². The van der Waals surface area contributed by atoms with Crippen molar-refractivity contribution in [3.63, 3.8) is 0 Å². The molecule has 2 heteroatoms. The van der Waals surface area contributed by atoms with Gasteiger partial charge in [-0.15, -0.1) is 0 Å². The summed E-state index contributed by atoms with van der Waals surface area (Å²) in [5, 5.41) is 10.7. The topological polar surface area (TPSA) is 25.8 Å². The fourth-order valence-corrected chi connectivity index (χ4v) is 1.93. The van der Waals surface area contributed by atoms with Gasteiger partial charge in [0.05, 0.1) is 11.9 Å². The smallest absolute Gasteiger partial charge is 0.0715 e. The first-order valence-corrected chi connectivity index (χ1v) is 4.17. The van der Waals surface area contributed by atoms with Crippen LogP contribution in [0.5, 0.6) is 0 Å². The van der Waals surface area contributed by atoms with Gasteiger partial charge in [0.25, 0.3) is 0 Å². The normalized spacial score (nSPS) is 14.0. The molecular formula is C10H8N2. The fourth-order valence-electron chi connectivity index (χ4n) is 1.93. The summed E-state index contributed by atoms with van der Waals surface area (Å²) < 4.78 is 0. The van der Waals surface area contributed by atoms with Crippen LogP contribution in [0.3, 0.4) is 0 Å². The largest absolute Gasteiger partial charge is 0.158 e. The Hall–Kier alpha value is -1.44. The summed E-state index contributed by atoms with van der Waals surface area (Å²) in [7, 11) is 0. The number of rotatable bonds is 0. The molecule has 1 heterocycles. The average Bonchev–Trinajstić information content (AvgIpc) is 2.52. The molecule has 0 aliphatic heterocycles. The van der Waals surface area contributed by atoms with Gasteiger partial charge in [0.15, 0.2) is 0 Å². The minimum absolute atomic E-state index is 1.06. The maximum atomic E-state index is 4.13. The van der Waals surface area contributed by atoms with Crippen molar-refractivity contribution in [1.82, 2.24) is 10.2 Å². The van der Waals surface area contributed by atoms with E-state index >= 15 is 0 Å². The van der Waals surface area contributed by atoms with Crippen molar-refractivity contribution in [3.05, 3.63) is 35.7 Å². The second-order valence-corrected chi connectivity index (χ2v) is 3.17. The Balaban J connectivity index is 2.58. The van der Waals surface area contributed by atoms with Gasteiger partial charge in [-0.1, -0.05) is 18.2 Å². The molecule has 0 spiro atoms. The molecule has 3 rings (SSSR count). The molecule has 0 radical (unpaired) electrons. The molecule has 2 nitrogen and oxygen atoms in total. The summed E-state index contributed by atoms with van der Waals surface area (Å²) in [6.45, 7) is 0. The molecular weight excluding hydrogens is 148 g/mol. The Morgan fingerprint density at radius 2 is 2.17 bits per heavy atom. The van der Waals surface area contributed by atoms with E-state index in [1.165, 1.54) is 22.0 Å². The molecule has 2 aromatic rings. The molecule has 0 unspecified atom stereocenters. The van der Waals surface area contributed by atoms with E-state index in [0.717, 1.165) is 12.8 Å². The zero-order chi connectivity index (χ0) is 7.97. The number of benzene rings is 1. The minimum atomic E-state index is 1.06. The average molecular weight is 156 g/mol. The van der Waals surface area contributed by atoms with Gasteiger partial charge in [-0.3, -0.25) is 0 Å². The number of aromatic nitrogens is 2. The Morgan fingerprint density at radius 3 is 3.17 bits per heavy atom. The minimum Gasteiger partial charge on any atom is -0.158 e. The van der Waals surface area contributed by atoms with Crippen LogP contribution in [0.15, 0.2) is 24.4 Å². The maximum Gasteiger partial charge on any atom is 0.0715 e. The molecule has 12 heavy (non-hydrogen) atoms. The highest BCUT2D eigenvalue weighted by Gasteiger charge is 2.14. The van der Waals surface area contributed by atoms with Gasteiger partial charge in [-0.2, -0.15) is 10.2 Å². The molecule has 1 aromatic carbocycles. The zero-order valence-electron chi connectivity index (χ0n) is 6.62. The summed E-state index contributed by atoms with van der Waals surface area (Å²) in [5.41, 5.74) is 2.60. The lowest BCUT2D eigenvalue weighted by Crippen LogP contribution is -1.87. The van der Waals surface area contributed by atoms with Crippen LogP contribution in [0.25, 0.3) is 10.8 Å². The third-order valence-electron chi connectivity index (χ3n) is 2.48. The first-order chi connectivity index (χ1) is 5.95. The third-order valence-corrected chi connectivity index (χ3v) is 2.48. The van der Waals surface area contributed by atoms with Gasteiger partial charge < -0.3 is 0 Å². The standard InChI is InChI=1S/C10H8N2/c1-2-7-4-5-9-10(7)8(3-1)6-11-12-9/h1-3,6H,4-5H2. The molecule has 0 amide bonds. The molecule has 1 aromatic heterocycles. The van der Waals surface area contributed by atoms with Gasteiger partial charge in [-0.05, 0) is 18.4 Å². The molecule has 58 valence electrons. The van der Waals surface area contributed by atoms with Crippen LogP contribution in [-0.2, 0) is 12.8 Å². The lowest BCUT2D eigenvalue weighted by atomic mass is 10.1. The monoisotopic (exact) mass is 156 g/mol. The number of hydrogen-bond acceptors (Lipinski definition) is 2. The highest BCUT2D eigenvalue weighted by atomic mass is 15.1. The van der Waals surface area contributed by atoms with Gasteiger partial charge in [0.2, 0.25) is 0 Å². The molecule has 0 saturated carbocycles. The van der Waals surface area contributed by atoms with E-state index < -0.39 is 0 Å². The van der Waals surface area contributed by atoms with Crippen LogP contribution in [0, 0.1) is 0 Å². The van der Waals surface area contributed by atoms with E-state index in [9.17, 15) is 0 Å². The van der Waals surface area contributed by atoms with E-state index in [0.29, 0.717) is 0 Å². The molecule has 0 bridgehead atoms. The van der Waals surface area contributed by atoms with Gasteiger partial charge in [0, 0.05) is 10.8 Å². The second-order valence-electron chi connectivity index (χ2n) is 3.17. The highest BCUT2D eigenvalue weighted by molar-refractivity contribution is 5.88. The van der Waals surface area contributed by atoms with Crippen LogP contribution in [0.1, 0.15) is 11.3 Å². The molecule has 0 fully saturated rings. The van der Waals surface area contributed by atoms with E-state index in [2.05, 4.69) is 28.4 Å². The highest BCUT2D eigenvalue weighted by Crippen LogP contribution is 2.27. The van der Waals surface area contributed by atoms with Crippen molar-refractivity contribution in [2.75, 3.05) is 0 Å². The van der Waals surface area contributed by atoms with E-state index in [1.54, 1.807) is 0 Å². The summed E-state index contributed by atoms with van der Waals surface area (Å²) in [5.74, 6) is 0. The van der Waals surface area contributed by atoms with E-state index in [4.69, 9.17) is 0 Å². The molecule has 0 saturated heterocycles. The summed E-state index contributed by atoms with van der Waals surface area (Å²) in [4.78, 5) is 0. The second kappa shape index (κ2) is 2.03. The van der Waals surface area contributed by atoms with Gasteiger partial charge in [-0.25, -0.2) is 0 Å². The number of aryl methyl sites for hydroxylation is 2. The van der Waals surface area contributed by atoms with Crippen LogP contribution in [0.4, 0.5) is 0 Å². The predicted molar refractivity (Wildman–Crippen MR) is 46.9 cm³/mol. The Morgan fingerprint density at radius 1 is 1.17 bits per heavy atom. The van der Waals surface area contributed by atoms with Gasteiger partial charge in [0.1, 0.15) is 0 Å². The number of hydrogen-bond donors (Lipinski definition) is 0. The predicted octanol–water partition coefficient (Wildman–Crippen LogP) is 1.73. The quantitative estimate of drug-likeness (QED) is 0.580. The summed E-state index contributed by atoms with van der Waals surface area (Å²) in [6.07, 6.45) is 4.03. The first kappa shape index (κ1) is 6.12. The SMILES string of the molecule is c1cc2c3c(nncc3c1)CC2. The van der Waals surface area contributed by atoms with E-state index in [-0.39, 0.29) is 0 Å². The van der Waals surface area contributed by atoms with Crippen LogP contribution in [0.2, 0.25) is 0 Å². The Bertz CT molecular complexity index is 410. The first-order valence-electron chi connectivity index (χ1n) is 4.17. The van der Waals surface area contributed by atoms with E-state index in [1.807, 2.05) is 6.20 Å². The zero-order valence-corrected chi connectivity index (χ0v) is 6.62. The van der Waals surface area contributed by atoms with Gasteiger partial charge >= 0.3 is 0 Å². The summed E-state index contributed by atoms with van der Waals surface area (Å²) >= 11 is 0. The van der Waals surface area contributed by atoms with Crippen molar-refractivity contribution in [2.24, 2.45) is 0 Å². The summed E-state index contributed by atoms with van der Waals surface area (Å²) in [6, 6.07) is 6.37. The molecule has 0 atom stereocenters. The fraction of sp³-hybridized carbons (Fsp3) is 0.200. The maximum absolute atomic E-state index is 4.13. The van der Waals surface area contributed by atoms with Crippen LogP contribution >= 0.6 is 0 Å². The van der Waals surface area contributed by atoms with Crippen molar-refractivity contribution in [2.45, 2.75) is 12.8 Å². The van der Waals surface area contributed by atoms with Crippen molar-refractivity contribution in [3.8, 4) is 0 Å². The van der Waals surface area contributed by atoms with Crippen molar-refractivity contribution >= 4 is 10.8 Å². The lowest BCUT2D eigenvalue weighted by molar-refractivity contribution is 0.914. The molecule has 1 aliphatic rings. The van der Waals surface area contributed by atoms with Crippen LogP contribution < -0.4 is 0 Å².